The topological polar surface area (TPSA) is 55.4 Å². The van der Waals surface area contributed by atoms with Crippen LogP contribution in [-0.2, 0) is 14.8 Å². The Balaban J connectivity index is 2.13. The van der Waals surface area contributed by atoms with Crippen LogP contribution in [0.15, 0.2) is 35.2 Å². The SMILES string of the molecule is O=S(=O)(NC1CCCO1)c1ccccc1. The van der Waals surface area contributed by atoms with Crippen molar-refractivity contribution >= 4 is 10.0 Å². The van der Waals surface area contributed by atoms with Gasteiger partial charge in [0.05, 0.1) is 4.90 Å². The van der Waals surface area contributed by atoms with Crippen molar-refractivity contribution in [2.24, 2.45) is 0 Å². The van der Waals surface area contributed by atoms with Gasteiger partial charge in [0.15, 0.2) is 0 Å². The lowest BCUT2D eigenvalue weighted by Gasteiger charge is -2.12. The van der Waals surface area contributed by atoms with Gasteiger partial charge < -0.3 is 4.74 Å². The second-order valence-corrected chi connectivity index (χ2v) is 5.15. The van der Waals surface area contributed by atoms with E-state index in [4.69, 9.17) is 4.74 Å². The summed E-state index contributed by atoms with van der Waals surface area (Å²) in [6, 6.07) is 8.31. The lowest BCUT2D eigenvalue weighted by atomic mass is 10.3. The third kappa shape index (κ3) is 2.56. The van der Waals surface area contributed by atoms with E-state index in [1.807, 2.05) is 0 Å². The van der Waals surface area contributed by atoms with Gasteiger partial charge in [-0.25, -0.2) is 8.42 Å². The van der Waals surface area contributed by atoms with Crippen LogP contribution in [0.1, 0.15) is 12.8 Å². The van der Waals surface area contributed by atoms with Crippen molar-refractivity contribution < 1.29 is 13.2 Å². The summed E-state index contributed by atoms with van der Waals surface area (Å²) in [4.78, 5) is 0.278. The van der Waals surface area contributed by atoms with Crippen LogP contribution in [0.2, 0.25) is 0 Å². The Morgan fingerprint density at radius 3 is 2.60 bits per heavy atom. The quantitative estimate of drug-likeness (QED) is 0.841. The Morgan fingerprint density at radius 1 is 1.27 bits per heavy atom. The first kappa shape index (κ1) is 10.6. The molecule has 0 aliphatic carbocycles. The highest BCUT2D eigenvalue weighted by molar-refractivity contribution is 7.89. The zero-order chi connectivity index (χ0) is 10.7. The molecule has 4 nitrogen and oxygen atoms in total. The maximum absolute atomic E-state index is 11.8. The summed E-state index contributed by atoms with van der Waals surface area (Å²) in [7, 11) is -3.42. The van der Waals surface area contributed by atoms with E-state index in [-0.39, 0.29) is 11.1 Å². The van der Waals surface area contributed by atoms with Gasteiger partial charge in [-0.2, -0.15) is 4.72 Å². The summed E-state index contributed by atoms with van der Waals surface area (Å²) in [5.41, 5.74) is 0. The molecule has 1 heterocycles. The van der Waals surface area contributed by atoms with E-state index in [0.29, 0.717) is 6.61 Å². The van der Waals surface area contributed by atoms with Crippen molar-refractivity contribution in [1.29, 1.82) is 0 Å². The fraction of sp³-hybridized carbons (Fsp3) is 0.400. The van der Waals surface area contributed by atoms with E-state index in [2.05, 4.69) is 4.72 Å². The van der Waals surface area contributed by atoms with Crippen molar-refractivity contribution in [3.63, 3.8) is 0 Å². The molecule has 1 aromatic rings. The van der Waals surface area contributed by atoms with E-state index >= 15 is 0 Å². The first-order chi connectivity index (χ1) is 7.18. The van der Waals surface area contributed by atoms with Crippen molar-refractivity contribution in [2.45, 2.75) is 24.0 Å². The van der Waals surface area contributed by atoms with E-state index < -0.39 is 10.0 Å². The average molecular weight is 227 g/mol. The van der Waals surface area contributed by atoms with Crippen LogP contribution < -0.4 is 4.72 Å². The van der Waals surface area contributed by atoms with Gasteiger partial charge in [-0.1, -0.05) is 18.2 Å². The number of ether oxygens (including phenoxy) is 1. The zero-order valence-corrected chi connectivity index (χ0v) is 9.03. The maximum Gasteiger partial charge on any atom is 0.242 e. The third-order valence-electron chi connectivity index (χ3n) is 2.27. The molecule has 0 amide bonds. The van der Waals surface area contributed by atoms with E-state index in [0.717, 1.165) is 12.8 Å². The van der Waals surface area contributed by atoms with Gasteiger partial charge in [0.1, 0.15) is 6.23 Å². The van der Waals surface area contributed by atoms with Gasteiger partial charge >= 0.3 is 0 Å². The highest BCUT2D eigenvalue weighted by Gasteiger charge is 2.22. The molecule has 15 heavy (non-hydrogen) atoms. The summed E-state index contributed by atoms with van der Waals surface area (Å²) in [5.74, 6) is 0. The van der Waals surface area contributed by atoms with Crippen LogP contribution >= 0.6 is 0 Å². The van der Waals surface area contributed by atoms with Gasteiger partial charge in [0, 0.05) is 6.61 Å². The highest BCUT2D eigenvalue weighted by atomic mass is 32.2. The molecule has 1 fully saturated rings. The van der Waals surface area contributed by atoms with Crippen LogP contribution in [0, 0.1) is 0 Å². The summed E-state index contributed by atoms with van der Waals surface area (Å²) in [6.07, 6.45) is 1.28. The van der Waals surface area contributed by atoms with Crippen molar-refractivity contribution in [2.75, 3.05) is 6.61 Å². The summed E-state index contributed by atoms with van der Waals surface area (Å²) in [5, 5.41) is 0. The Bertz CT molecular complexity index is 410. The van der Waals surface area contributed by atoms with E-state index in [1.54, 1.807) is 30.3 Å². The molecular formula is C10H13NO3S. The molecule has 1 aliphatic rings. The molecule has 0 bridgehead atoms. The second-order valence-electron chi connectivity index (χ2n) is 3.44. The standard InChI is InChI=1S/C10H13NO3S/c12-15(13,9-5-2-1-3-6-9)11-10-7-4-8-14-10/h1-3,5-6,10-11H,4,7-8H2. The highest BCUT2D eigenvalue weighted by Crippen LogP contribution is 2.14. The number of nitrogens with one attached hydrogen (secondary N) is 1. The molecule has 1 N–H and O–H groups in total. The molecule has 2 rings (SSSR count). The second kappa shape index (κ2) is 4.30. The Kier molecular flexibility index (Phi) is 3.04. The molecule has 82 valence electrons. The number of hydrogen-bond donors (Lipinski definition) is 1. The van der Waals surface area contributed by atoms with Gasteiger partial charge in [-0.05, 0) is 25.0 Å². The maximum atomic E-state index is 11.8. The lowest BCUT2D eigenvalue weighted by molar-refractivity contribution is 0.103. The Labute approximate surface area is 89.3 Å². The van der Waals surface area contributed by atoms with Crippen LogP contribution in [0.5, 0.6) is 0 Å². The molecular weight excluding hydrogens is 214 g/mol. The summed E-state index contributed by atoms with van der Waals surface area (Å²) in [6.45, 7) is 0.627. The van der Waals surface area contributed by atoms with Crippen molar-refractivity contribution in [1.82, 2.24) is 4.72 Å². The number of hydrogen-bond acceptors (Lipinski definition) is 3. The number of benzene rings is 1. The third-order valence-corrected chi connectivity index (χ3v) is 3.74. The van der Waals surface area contributed by atoms with Crippen LogP contribution in [0.3, 0.4) is 0 Å². The van der Waals surface area contributed by atoms with Gasteiger partial charge in [0.25, 0.3) is 0 Å². The molecule has 1 aliphatic heterocycles. The predicted octanol–water partition coefficient (Wildman–Crippen LogP) is 1.10. The average Bonchev–Trinajstić information content (AvgIpc) is 2.71. The largest absolute Gasteiger partial charge is 0.362 e. The minimum absolute atomic E-state index is 0.278. The summed E-state index contributed by atoms with van der Waals surface area (Å²) >= 11 is 0. The lowest BCUT2D eigenvalue weighted by Crippen LogP contribution is -2.33. The normalized spacial score (nSPS) is 21.7. The van der Waals surface area contributed by atoms with Crippen LogP contribution in [0.25, 0.3) is 0 Å². The van der Waals surface area contributed by atoms with Gasteiger partial charge in [-0.15, -0.1) is 0 Å². The van der Waals surface area contributed by atoms with Crippen molar-refractivity contribution in [3.05, 3.63) is 30.3 Å². The van der Waals surface area contributed by atoms with Crippen molar-refractivity contribution in [3.8, 4) is 0 Å². The molecule has 1 atom stereocenters. The molecule has 1 aromatic carbocycles. The first-order valence-corrected chi connectivity index (χ1v) is 6.36. The molecule has 0 spiro atoms. The first-order valence-electron chi connectivity index (χ1n) is 4.87. The minimum atomic E-state index is -3.42. The van der Waals surface area contributed by atoms with E-state index in [9.17, 15) is 8.42 Å². The summed E-state index contributed by atoms with van der Waals surface area (Å²) < 4.78 is 31.3. The molecule has 0 radical (unpaired) electrons. The monoisotopic (exact) mass is 227 g/mol. The Morgan fingerprint density at radius 2 is 2.00 bits per heavy atom. The smallest absolute Gasteiger partial charge is 0.242 e. The predicted molar refractivity (Wildman–Crippen MR) is 55.7 cm³/mol. The molecule has 0 aromatic heterocycles. The van der Waals surface area contributed by atoms with Gasteiger partial charge in [0.2, 0.25) is 10.0 Å². The number of rotatable bonds is 3. The fourth-order valence-electron chi connectivity index (χ4n) is 1.51. The molecule has 1 saturated heterocycles. The zero-order valence-electron chi connectivity index (χ0n) is 8.22. The van der Waals surface area contributed by atoms with Gasteiger partial charge in [-0.3, -0.25) is 0 Å². The van der Waals surface area contributed by atoms with Crippen LogP contribution in [-0.4, -0.2) is 21.3 Å². The van der Waals surface area contributed by atoms with Crippen LogP contribution in [0.4, 0.5) is 0 Å². The van der Waals surface area contributed by atoms with E-state index in [1.165, 1.54) is 0 Å². The molecule has 1 unspecified atom stereocenters. The molecule has 5 heteroatoms. The Hall–Kier alpha value is -0.910. The fourth-order valence-corrected chi connectivity index (χ4v) is 2.69. The molecule has 0 saturated carbocycles. The number of sulfonamides is 1. The minimum Gasteiger partial charge on any atom is -0.362 e.